The third-order valence-corrected chi connectivity index (χ3v) is 4.35. The van der Waals surface area contributed by atoms with Crippen molar-refractivity contribution in [2.75, 3.05) is 36.0 Å². The Labute approximate surface area is 141 Å². The third kappa shape index (κ3) is 2.95. The predicted molar refractivity (Wildman–Crippen MR) is 94.8 cm³/mol. The number of hydrogen-bond donors (Lipinski definition) is 0. The van der Waals surface area contributed by atoms with E-state index in [1.807, 2.05) is 18.3 Å². The van der Waals surface area contributed by atoms with Gasteiger partial charge in [0.25, 0.3) is 0 Å². The van der Waals surface area contributed by atoms with Crippen molar-refractivity contribution in [1.82, 2.24) is 19.7 Å². The molecule has 0 bridgehead atoms. The first kappa shape index (κ1) is 14.7. The summed E-state index contributed by atoms with van der Waals surface area (Å²) < 4.78 is 1.76. The molecule has 24 heavy (non-hydrogen) atoms. The van der Waals surface area contributed by atoms with E-state index in [1.54, 1.807) is 17.2 Å². The van der Waals surface area contributed by atoms with Gasteiger partial charge in [-0.25, -0.2) is 14.6 Å². The number of aromatic nitrogens is 4. The molecular formula is C18H20N6. The maximum atomic E-state index is 4.44. The molecule has 1 saturated heterocycles. The Morgan fingerprint density at radius 3 is 2.42 bits per heavy atom. The highest BCUT2D eigenvalue weighted by Crippen LogP contribution is 2.20. The van der Waals surface area contributed by atoms with E-state index in [0.29, 0.717) is 0 Å². The molecule has 3 heterocycles. The number of aryl methyl sites for hydroxylation is 1. The number of piperazine rings is 1. The fourth-order valence-corrected chi connectivity index (χ4v) is 3.06. The van der Waals surface area contributed by atoms with Crippen LogP contribution in [0.2, 0.25) is 0 Å². The third-order valence-electron chi connectivity index (χ3n) is 4.35. The average Bonchev–Trinajstić information content (AvgIpc) is 3.17. The van der Waals surface area contributed by atoms with E-state index in [4.69, 9.17) is 0 Å². The molecule has 3 aromatic rings. The summed E-state index contributed by atoms with van der Waals surface area (Å²) in [5, 5.41) is 4.23. The zero-order valence-electron chi connectivity index (χ0n) is 13.7. The van der Waals surface area contributed by atoms with Gasteiger partial charge in [0.2, 0.25) is 0 Å². The molecule has 0 spiro atoms. The molecule has 2 aromatic heterocycles. The highest BCUT2D eigenvalue weighted by molar-refractivity contribution is 5.51. The summed E-state index contributed by atoms with van der Waals surface area (Å²) in [7, 11) is 0. The van der Waals surface area contributed by atoms with Crippen LogP contribution < -0.4 is 9.80 Å². The maximum Gasteiger partial charge on any atom is 0.158 e. The molecule has 0 N–H and O–H groups in total. The van der Waals surface area contributed by atoms with E-state index < -0.39 is 0 Å². The van der Waals surface area contributed by atoms with Gasteiger partial charge in [-0.1, -0.05) is 12.1 Å². The number of anilines is 2. The molecule has 0 saturated carbocycles. The first-order chi connectivity index (χ1) is 11.8. The van der Waals surface area contributed by atoms with Crippen LogP contribution in [0.1, 0.15) is 5.56 Å². The van der Waals surface area contributed by atoms with Crippen molar-refractivity contribution >= 4 is 11.5 Å². The monoisotopic (exact) mass is 320 g/mol. The largest absolute Gasteiger partial charge is 0.368 e. The molecular weight excluding hydrogens is 300 g/mol. The van der Waals surface area contributed by atoms with Gasteiger partial charge in [-0.05, 0) is 30.7 Å². The van der Waals surface area contributed by atoms with Crippen LogP contribution in [0, 0.1) is 6.92 Å². The Kier molecular flexibility index (Phi) is 3.86. The van der Waals surface area contributed by atoms with Crippen molar-refractivity contribution in [3.63, 3.8) is 0 Å². The number of benzene rings is 1. The standard InChI is InChI=1S/C18H20N6/c1-15-4-2-5-16(12-15)22-8-10-23(11-9-22)17-13-18(20-14-19-17)24-7-3-6-21-24/h2-7,12-14H,8-11H2,1H3. The van der Waals surface area contributed by atoms with Crippen LogP contribution in [-0.4, -0.2) is 45.9 Å². The summed E-state index contributed by atoms with van der Waals surface area (Å²) in [5.41, 5.74) is 2.60. The molecule has 0 atom stereocenters. The predicted octanol–water partition coefficient (Wildman–Crippen LogP) is 2.30. The van der Waals surface area contributed by atoms with Gasteiger partial charge in [-0.2, -0.15) is 5.10 Å². The molecule has 4 rings (SSSR count). The van der Waals surface area contributed by atoms with Crippen molar-refractivity contribution in [1.29, 1.82) is 0 Å². The molecule has 1 aromatic carbocycles. The molecule has 0 radical (unpaired) electrons. The van der Waals surface area contributed by atoms with Crippen LogP contribution in [0.5, 0.6) is 0 Å². The minimum Gasteiger partial charge on any atom is -0.368 e. The quantitative estimate of drug-likeness (QED) is 0.741. The van der Waals surface area contributed by atoms with E-state index in [-0.39, 0.29) is 0 Å². The van der Waals surface area contributed by atoms with Gasteiger partial charge in [-0.15, -0.1) is 0 Å². The minimum atomic E-state index is 0.797. The maximum absolute atomic E-state index is 4.44. The Morgan fingerprint density at radius 1 is 0.875 bits per heavy atom. The molecule has 1 aliphatic rings. The molecule has 122 valence electrons. The number of hydrogen-bond acceptors (Lipinski definition) is 5. The second kappa shape index (κ2) is 6.31. The van der Waals surface area contributed by atoms with Crippen molar-refractivity contribution < 1.29 is 0 Å². The molecule has 0 amide bonds. The SMILES string of the molecule is Cc1cccc(N2CCN(c3cc(-n4cccn4)ncn3)CC2)c1. The second-order valence-corrected chi connectivity index (χ2v) is 6.00. The summed E-state index contributed by atoms with van der Waals surface area (Å²) in [4.78, 5) is 13.5. The van der Waals surface area contributed by atoms with Gasteiger partial charge < -0.3 is 9.80 Å². The molecule has 1 fully saturated rings. The van der Waals surface area contributed by atoms with Crippen LogP contribution >= 0.6 is 0 Å². The van der Waals surface area contributed by atoms with Crippen molar-refractivity contribution in [3.05, 3.63) is 60.7 Å². The van der Waals surface area contributed by atoms with Gasteiger partial charge in [0, 0.05) is 50.3 Å². The van der Waals surface area contributed by atoms with E-state index in [1.165, 1.54) is 11.3 Å². The van der Waals surface area contributed by atoms with Crippen LogP contribution in [-0.2, 0) is 0 Å². The molecule has 6 nitrogen and oxygen atoms in total. The minimum absolute atomic E-state index is 0.797. The fraction of sp³-hybridized carbons (Fsp3) is 0.278. The van der Waals surface area contributed by atoms with Gasteiger partial charge >= 0.3 is 0 Å². The fourth-order valence-electron chi connectivity index (χ4n) is 3.06. The van der Waals surface area contributed by atoms with Crippen LogP contribution in [0.15, 0.2) is 55.1 Å². The van der Waals surface area contributed by atoms with Crippen LogP contribution in [0.3, 0.4) is 0 Å². The van der Waals surface area contributed by atoms with Crippen LogP contribution in [0.25, 0.3) is 5.82 Å². The highest BCUT2D eigenvalue weighted by atomic mass is 15.3. The second-order valence-electron chi connectivity index (χ2n) is 6.00. The summed E-state index contributed by atoms with van der Waals surface area (Å²) in [6.07, 6.45) is 5.25. The van der Waals surface area contributed by atoms with Crippen molar-refractivity contribution in [3.8, 4) is 5.82 Å². The van der Waals surface area contributed by atoms with Crippen molar-refractivity contribution in [2.45, 2.75) is 6.92 Å². The van der Waals surface area contributed by atoms with E-state index >= 15 is 0 Å². The van der Waals surface area contributed by atoms with Gasteiger partial charge in [0.05, 0.1) is 0 Å². The Bertz CT molecular complexity index is 806. The van der Waals surface area contributed by atoms with Crippen molar-refractivity contribution in [2.24, 2.45) is 0 Å². The Hall–Kier alpha value is -2.89. The zero-order valence-corrected chi connectivity index (χ0v) is 13.7. The molecule has 6 heteroatoms. The van der Waals surface area contributed by atoms with E-state index in [9.17, 15) is 0 Å². The van der Waals surface area contributed by atoms with E-state index in [0.717, 1.165) is 37.8 Å². The Balaban J connectivity index is 1.47. The zero-order chi connectivity index (χ0) is 16.4. The molecule has 1 aliphatic heterocycles. The summed E-state index contributed by atoms with van der Waals surface area (Å²) in [5.74, 6) is 1.76. The lowest BCUT2D eigenvalue weighted by molar-refractivity contribution is 0.645. The first-order valence-corrected chi connectivity index (χ1v) is 8.18. The van der Waals surface area contributed by atoms with Gasteiger partial charge in [0.1, 0.15) is 12.1 Å². The van der Waals surface area contributed by atoms with Gasteiger partial charge in [0.15, 0.2) is 5.82 Å². The van der Waals surface area contributed by atoms with E-state index in [2.05, 4.69) is 56.1 Å². The highest BCUT2D eigenvalue weighted by Gasteiger charge is 2.19. The van der Waals surface area contributed by atoms with Gasteiger partial charge in [-0.3, -0.25) is 0 Å². The average molecular weight is 320 g/mol. The lowest BCUT2D eigenvalue weighted by Crippen LogP contribution is -2.46. The van der Waals surface area contributed by atoms with Crippen LogP contribution in [0.4, 0.5) is 11.5 Å². The lowest BCUT2D eigenvalue weighted by atomic mass is 10.2. The summed E-state index contributed by atoms with van der Waals surface area (Å²) in [6, 6.07) is 12.6. The molecule has 0 aliphatic carbocycles. The number of nitrogens with zero attached hydrogens (tertiary/aromatic N) is 6. The number of rotatable bonds is 3. The first-order valence-electron chi connectivity index (χ1n) is 8.18. The smallest absolute Gasteiger partial charge is 0.158 e. The molecule has 0 unspecified atom stereocenters. The lowest BCUT2D eigenvalue weighted by Gasteiger charge is -2.36. The summed E-state index contributed by atoms with van der Waals surface area (Å²) in [6.45, 7) is 6.01. The summed E-state index contributed by atoms with van der Waals surface area (Å²) >= 11 is 0. The Morgan fingerprint density at radius 2 is 1.67 bits per heavy atom. The normalized spacial score (nSPS) is 14.9. The topological polar surface area (TPSA) is 50.1 Å².